The standard InChI is InChI=1S/C13H22O6/c1-18-13-11(17)9(15)10(16)12(19-13)8(14)7-5-3-2-4-6-7/h9-17H,2-6H2,1H3/t9-,10+,11+,12+,13-/m0/s1. The third kappa shape index (κ3) is 2.93. The molecule has 0 bridgehead atoms. The van der Waals surface area contributed by atoms with Gasteiger partial charge in [-0.25, -0.2) is 0 Å². The molecule has 1 saturated heterocycles. The minimum Gasteiger partial charge on any atom is -0.509 e. The van der Waals surface area contributed by atoms with Crippen molar-refractivity contribution < 1.29 is 29.9 Å². The van der Waals surface area contributed by atoms with Gasteiger partial charge in [0.1, 0.15) is 30.2 Å². The van der Waals surface area contributed by atoms with Crippen LogP contribution < -0.4 is 0 Å². The van der Waals surface area contributed by atoms with E-state index in [4.69, 9.17) is 9.47 Å². The van der Waals surface area contributed by atoms with E-state index in [9.17, 15) is 20.4 Å². The normalized spacial score (nSPS) is 40.2. The van der Waals surface area contributed by atoms with Crippen LogP contribution in [-0.4, -0.2) is 58.2 Å². The second kappa shape index (κ2) is 6.19. The van der Waals surface area contributed by atoms with Crippen molar-refractivity contribution in [2.24, 2.45) is 0 Å². The van der Waals surface area contributed by atoms with Crippen molar-refractivity contribution in [3.63, 3.8) is 0 Å². The molecule has 19 heavy (non-hydrogen) atoms. The molecule has 0 aromatic heterocycles. The summed E-state index contributed by atoms with van der Waals surface area (Å²) in [6.07, 6.45) is -1.53. The first kappa shape index (κ1) is 14.7. The van der Waals surface area contributed by atoms with Crippen molar-refractivity contribution in [1.29, 1.82) is 0 Å². The highest BCUT2D eigenvalue weighted by Gasteiger charge is 2.46. The monoisotopic (exact) mass is 274 g/mol. The van der Waals surface area contributed by atoms with Crippen LogP contribution in [0.25, 0.3) is 0 Å². The van der Waals surface area contributed by atoms with Gasteiger partial charge in [0.2, 0.25) is 0 Å². The van der Waals surface area contributed by atoms with E-state index in [-0.39, 0.29) is 5.76 Å². The molecule has 4 N–H and O–H groups in total. The summed E-state index contributed by atoms with van der Waals surface area (Å²) in [5.74, 6) is -0.0276. The van der Waals surface area contributed by atoms with Gasteiger partial charge in [0.05, 0.1) is 0 Å². The minimum atomic E-state index is -1.41. The average Bonchev–Trinajstić information content (AvgIpc) is 2.45. The van der Waals surface area contributed by atoms with E-state index in [0.717, 1.165) is 37.7 Å². The number of aliphatic hydroxyl groups is 4. The maximum absolute atomic E-state index is 10.2. The number of ether oxygens (including phenoxy) is 2. The molecular formula is C13H22O6. The zero-order valence-electron chi connectivity index (χ0n) is 11.0. The van der Waals surface area contributed by atoms with Gasteiger partial charge < -0.3 is 29.9 Å². The quantitative estimate of drug-likeness (QED) is 0.537. The van der Waals surface area contributed by atoms with Crippen molar-refractivity contribution in [1.82, 2.24) is 0 Å². The zero-order valence-corrected chi connectivity index (χ0v) is 11.0. The smallest absolute Gasteiger partial charge is 0.186 e. The number of hydrogen-bond acceptors (Lipinski definition) is 6. The van der Waals surface area contributed by atoms with Gasteiger partial charge in [-0.2, -0.15) is 0 Å². The predicted octanol–water partition coefficient (Wildman–Crippen LogP) is 0.217. The van der Waals surface area contributed by atoms with Crippen LogP contribution in [-0.2, 0) is 9.47 Å². The minimum absolute atomic E-state index is 0.0276. The SMILES string of the molecule is CO[C@H]1O[C@H](C(O)=C2CCCCC2)[C@H](O)[C@H](O)[C@H]1O. The molecule has 0 aromatic rings. The Hall–Kier alpha value is -0.660. The molecule has 1 heterocycles. The lowest BCUT2D eigenvalue weighted by molar-refractivity contribution is -0.286. The Labute approximate surface area is 112 Å². The zero-order chi connectivity index (χ0) is 14.0. The summed E-state index contributed by atoms with van der Waals surface area (Å²) in [6.45, 7) is 0. The highest BCUT2D eigenvalue weighted by molar-refractivity contribution is 5.16. The summed E-state index contributed by atoms with van der Waals surface area (Å²) in [4.78, 5) is 0. The van der Waals surface area contributed by atoms with Gasteiger partial charge in [0.15, 0.2) is 6.29 Å². The van der Waals surface area contributed by atoms with Crippen LogP contribution in [0.4, 0.5) is 0 Å². The third-order valence-electron chi connectivity index (χ3n) is 3.89. The summed E-state index contributed by atoms with van der Waals surface area (Å²) in [5, 5.41) is 39.6. The lowest BCUT2D eigenvalue weighted by Crippen LogP contribution is -2.58. The number of methoxy groups -OCH3 is 1. The molecule has 1 saturated carbocycles. The molecule has 2 aliphatic rings. The summed E-state index contributed by atoms with van der Waals surface area (Å²) in [5.41, 5.74) is 0.855. The molecular weight excluding hydrogens is 252 g/mol. The molecule has 6 nitrogen and oxygen atoms in total. The van der Waals surface area contributed by atoms with E-state index in [1.165, 1.54) is 7.11 Å². The highest BCUT2D eigenvalue weighted by Crippen LogP contribution is 2.31. The van der Waals surface area contributed by atoms with Crippen molar-refractivity contribution in [2.75, 3.05) is 7.11 Å². The molecule has 0 radical (unpaired) electrons. The second-order valence-corrected chi connectivity index (χ2v) is 5.18. The summed E-state index contributed by atoms with van der Waals surface area (Å²) < 4.78 is 10.3. The fraction of sp³-hybridized carbons (Fsp3) is 0.846. The fourth-order valence-electron chi connectivity index (χ4n) is 2.70. The first-order valence-corrected chi connectivity index (χ1v) is 6.69. The number of hydrogen-bond donors (Lipinski definition) is 4. The van der Waals surface area contributed by atoms with Gasteiger partial charge in [-0.3, -0.25) is 0 Å². The van der Waals surface area contributed by atoms with E-state index in [2.05, 4.69) is 0 Å². The highest BCUT2D eigenvalue weighted by atomic mass is 16.7. The average molecular weight is 274 g/mol. The summed E-state index contributed by atoms with van der Waals surface area (Å²) in [6, 6.07) is 0. The molecule has 0 spiro atoms. The molecule has 0 unspecified atom stereocenters. The summed E-state index contributed by atoms with van der Waals surface area (Å²) in [7, 11) is 1.33. The molecule has 1 aliphatic carbocycles. The van der Waals surface area contributed by atoms with Crippen LogP contribution >= 0.6 is 0 Å². The number of aliphatic hydroxyl groups excluding tert-OH is 4. The van der Waals surface area contributed by atoms with E-state index in [1.807, 2.05) is 0 Å². The van der Waals surface area contributed by atoms with Crippen molar-refractivity contribution in [3.05, 3.63) is 11.3 Å². The Morgan fingerprint density at radius 1 is 1.05 bits per heavy atom. The van der Waals surface area contributed by atoms with E-state index in [0.29, 0.717) is 0 Å². The maximum Gasteiger partial charge on any atom is 0.186 e. The van der Waals surface area contributed by atoms with Crippen molar-refractivity contribution >= 4 is 0 Å². The van der Waals surface area contributed by atoms with Gasteiger partial charge in [-0.15, -0.1) is 0 Å². The topological polar surface area (TPSA) is 99.4 Å². The van der Waals surface area contributed by atoms with E-state index < -0.39 is 30.7 Å². The van der Waals surface area contributed by atoms with Crippen LogP contribution in [0.2, 0.25) is 0 Å². The maximum atomic E-state index is 10.2. The van der Waals surface area contributed by atoms with Gasteiger partial charge in [-0.1, -0.05) is 6.42 Å². The first-order chi connectivity index (χ1) is 9.06. The Morgan fingerprint density at radius 3 is 2.26 bits per heavy atom. The molecule has 110 valence electrons. The van der Waals surface area contributed by atoms with Crippen molar-refractivity contribution in [2.45, 2.75) is 62.8 Å². The second-order valence-electron chi connectivity index (χ2n) is 5.18. The third-order valence-corrected chi connectivity index (χ3v) is 3.89. The van der Waals surface area contributed by atoms with Crippen LogP contribution in [0.3, 0.4) is 0 Å². The largest absolute Gasteiger partial charge is 0.509 e. The predicted molar refractivity (Wildman–Crippen MR) is 66.4 cm³/mol. The number of allylic oxidation sites excluding steroid dienone is 1. The Bertz CT molecular complexity index is 332. The lowest BCUT2D eigenvalue weighted by Gasteiger charge is -2.40. The first-order valence-electron chi connectivity index (χ1n) is 6.69. The molecule has 0 amide bonds. The molecule has 2 fully saturated rings. The molecule has 2 rings (SSSR count). The van der Waals surface area contributed by atoms with Gasteiger partial charge in [0, 0.05) is 7.11 Å². The van der Waals surface area contributed by atoms with E-state index in [1.54, 1.807) is 0 Å². The van der Waals surface area contributed by atoms with Crippen LogP contribution in [0, 0.1) is 0 Å². The van der Waals surface area contributed by atoms with Crippen LogP contribution in [0.15, 0.2) is 11.3 Å². The Morgan fingerprint density at radius 2 is 1.68 bits per heavy atom. The van der Waals surface area contributed by atoms with Crippen molar-refractivity contribution in [3.8, 4) is 0 Å². The molecule has 0 aromatic carbocycles. The molecule has 5 atom stereocenters. The van der Waals surface area contributed by atoms with Crippen LogP contribution in [0.1, 0.15) is 32.1 Å². The van der Waals surface area contributed by atoms with Crippen LogP contribution in [0.5, 0.6) is 0 Å². The Balaban J connectivity index is 2.17. The lowest BCUT2D eigenvalue weighted by atomic mass is 9.89. The molecule has 6 heteroatoms. The molecule has 1 aliphatic heterocycles. The number of rotatable bonds is 2. The van der Waals surface area contributed by atoms with E-state index >= 15 is 0 Å². The fourth-order valence-corrected chi connectivity index (χ4v) is 2.70. The van der Waals surface area contributed by atoms with Gasteiger partial charge in [-0.05, 0) is 31.3 Å². The van der Waals surface area contributed by atoms with Gasteiger partial charge in [0.25, 0.3) is 0 Å². The van der Waals surface area contributed by atoms with Gasteiger partial charge >= 0.3 is 0 Å². The Kier molecular flexibility index (Phi) is 4.81. The summed E-state index contributed by atoms with van der Waals surface area (Å²) >= 11 is 0.